The van der Waals surface area contributed by atoms with E-state index in [0.717, 1.165) is 25.2 Å². The van der Waals surface area contributed by atoms with Crippen LogP contribution in [-0.2, 0) is 9.47 Å². The molecule has 0 unspecified atom stereocenters. The molecule has 2 aliphatic heterocycles. The summed E-state index contributed by atoms with van der Waals surface area (Å²) in [4.78, 5) is 20.0. The van der Waals surface area contributed by atoms with Gasteiger partial charge in [0, 0.05) is 33.3 Å². The molecule has 0 bridgehead atoms. The number of hydrogen-bond donors (Lipinski definition) is 0. The highest BCUT2D eigenvalue weighted by molar-refractivity contribution is 5.93. The van der Waals surface area contributed by atoms with Gasteiger partial charge in [0.2, 0.25) is 0 Å². The second kappa shape index (κ2) is 5.61. The van der Waals surface area contributed by atoms with Crippen LogP contribution in [0.2, 0.25) is 0 Å². The molecule has 114 valence electrons. The fourth-order valence-corrected chi connectivity index (χ4v) is 2.87. The molecule has 1 aromatic heterocycles. The second-order valence-electron chi connectivity index (χ2n) is 5.74. The Morgan fingerprint density at radius 2 is 2.10 bits per heavy atom. The van der Waals surface area contributed by atoms with Gasteiger partial charge < -0.3 is 19.3 Å². The lowest BCUT2D eigenvalue weighted by Gasteiger charge is -2.39. The fraction of sp³-hybridized carbons (Fsp3) is 0.600. The average molecular weight is 291 g/mol. The van der Waals surface area contributed by atoms with Crippen LogP contribution in [0.1, 0.15) is 23.2 Å². The number of aromatic nitrogens is 1. The minimum absolute atomic E-state index is 0.0355. The summed E-state index contributed by atoms with van der Waals surface area (Å²) in [5, 5.41) is 0. The van der Waals surface area contributed by atoms with E-state index in [1.807, 2.05) is 12.1 Å². The molecule has 2 aliphatic rings. The molecule has 3 rings (SSSR count). The van der Waals surface area contributed by atoms with Gasteiger partial charge in [-0.2, -0.15) is 0 Å². The Morgan fingerprint density at radius 1 is 1.33 bits per heavy atom. The third kappa shape index (κ3) is 2.87. The van der Waals surface area contributed by atoms with Crippen LogP contribution in [0, 0.1) is 0 Å². The highest BCUT2D eigenvalue weighted by Gasteiger charge is 2.41. The number of piperidine rings is 1. The minimum atomic E-state index is -0.460. The van der Waals surface area contributed by atoms with Gasteiger partial charge in [0.25, 0.3) is 5.91 Å². The topological polar surface area (TPSA) is 54.9 Å². The number of carbonyl (C=O) groups excluding carboxylic acids is 1. The quantitative estimate of drug-likeness (QED) is 0.817. The number of rotatable bonds is 2. The van der Waals surface area contributed by atoms with Crippen molar-refractivity contribution < 1.29 is 14.3 Å². The van der Waals surface area contributed by atoms with Crippen LogP contribution in [0.4, 0.5) is 5.82 Å². The van der Waals surface area contributed by atoms with Gasteiger partial charge in [-0.15, -0.1) is 0 Å². The molecule has 1 aromatic rings. The van der Waals surface area contributed by atoms with Crippen molar-refractivity contribution in [1.29, 1.82) is 0 Å². The molecule has 0 saturated carbocycles. The fourth-order valence-electron chi connectivity index (χ4n) is 2.87. The van der Waals surface area contributed by atoms with Gasteiger partial charge in [-0.05, 0) is 18.6 Å². The molecule has 2 saturated heterocycles. The predicted octanol–water partition coefficient (Wildman–Crippen LogP) is 1.13. The van der Waals surface area contributed by atoms with Gasteiger partial charge in [0.15, 0.2) is 5.79 Å². The van der Waals surface area contributed by atoms with Crippen molar-refractivity contribution in [1.82, 2.24) is 9.88 Å². The molecular weight excluding hydrogens is 270 g/mol. The molecule has 0 N–H and O–H groups in total. The zero-order valence-corrected chi connectivity index (χ0v) is 12.5. The van der Waals surface area contributed by atoms with Crippen molar-refractivity contribution in [2.45, 2.75) is 18.6 Å². The Hall–Kier alpha value is -1.66. The van der Waals surface area contributed by atoms with Gasteiger partial charge in [-0.3, -0.25) is 4.79 Å². The van der Waals surface area contributed by atoms with E-state index < -0.39 is 5.79 Å². The number of ether oxygens (including phenoxy) is 2. The highest BCUT2D eigenvalue weighted by Crippen LogP contribution is 2.31. The number of anilines is 1. The van der Waals surface area contributed by atoms with Crippen LogP contribution in [0.15, 0.2) is 18.3 Å². The lowest BCUT2D eigenvalue weighted by molar-refractivity contribution is -0.161. The van der Waals surface area contributed by atoms with Crippen LogP contribution >= 0.6 is 0 Å². The molecule has 2 fully saturated rings. The van der Waals surface area contributed by atoms with E-state index in [0.29, 0.717) is 25.3 Å². The number of hydrogen-bond acceptors (Lipinski definition) is 5. The summed E-state index contributed by atoms with van der Waals surface area (Å²) >= 11 is 0. The van der Waals surface area contributed by atoms with E-state index in [2.05, 4.69) is 9.88 Å². The minimum Gasteiger partial charge on any atom is -0.351 e. The molecular formula is C15H21N3O3. The maximum absolute atomic E-state index is 11.9. The molecule has 6 nitrogen and oxygen atoms in total. The molecule has 1 amide bonds. The van der Waals surface area contributed by atoms with Gasteiger partial charge in [-0.25, -0.2) is 4.98 Å². The third-order valence-electron chi connectivity index (χ3n) is 3.96. The standard InChI is InChI=1S/C15H21N3O3/c1-17(2)14(19)12-4-5-13(16-10-12)18-7-3-6-15(11-18)20-8-9-21-15/h4-5,10H,3,6-9,11H2,1-2H3. The number of amides is 1. The summed E-state index contributed by atoms with van der Waals surface area (Å²) in [5.41, 5.74) is 0.601. The average Bonchev–Trinajstić information content (AvgIpc) is 2.94. The van der Waals surface area contributed by atoms with Crippen LogP contribution < -0.4 is 4.90 Å². The molecule has 3 heterocycles. The largest absolute Gasteiger partial charge is 0.351 e. The van der Waals surface area contributed by atoms with Crippen molar-refractivity contribution in [3.63, 3.8) is 0 Å². The number of pyridine rings is 1. The first kappa shape index (κ1) is 14.3. The Kier molecular flexibility index (Phi) is 3.82. The molecule has 21 heavy (non-hydrogen) atoms. The van der Waals surface area contributed by atoms with Gasteiger partial charge in [0.05, 0.1) is 25.3 Å². The Morgan fingerprint density at radius 3 is 2.71 bits per heavy atom. The van der Waals surface area contributed by atoms with Crippen molar-refractivity contribution in [2.24, 2.45) is 0 Å². The van der Waals surface area contributed by atoms with Gasteiger partial charge in [0.1, 0.15) is 5.82 Å². The van der Waals surface area contributed by atoms with Crippen LogP contribution in [0.5, 0.6) is 0 Å². The van der Waals surface area contributed by atoms with Crippen molar-refractivity contribution in [3.05, 3.63) is 23.9 Å². The first-order chi connectivity index (χ1) is 10.1. The lowest BCUT2D eigenvalue weighted by atomic mass is 10.0. The maximum atomic E-state index is 11.9. The summed E-state index contributed by atoms with van der Waals surface area (Å²) in [5.74, 6) is 0.369. The van der Waals surface area contributed by atoms with Crippen LogP contribution in [0.3, 0.4) is 0 Å². The second-order valence-corrected chi connectivity index (χ2v) is 5.74. The smallest absolute Gasteiger partial charge is 0.254 e. The third-order valence-corrected chi connectivity index (χ3v) is 3.96. The monoisotopic (exact) mass is 291 g/mol. The Bertz CT molecular complexity index is 509. The van der Waals surface area contributed by atoms with E-state index in [9.17, 15) is 4.79 Å². The van der Waals surface area contributed by atoms with Crippen molar-refractivity contribution in [3.8, 4) is 0 Å². The first-order valence-corrected chi connectivity index (χ1v) is 7.30. The normalized spacial score (nSPS) is 20.8. The molecule has 1 spiro atoms. The molecule has 0 aliphatic carbocycles. The van der Waals surface area contributed by atoms with E-state index in [1.54, 1.807) is 25.2 Å². The zero-order valence-electron chi connectivity index (χ0n) is 12.5. The number of carbonyl (C=O) groups is 1. The summed E-state index contributed by atoms with van der Waals surface area (Å²) in [6.07, 6.45) is 3.58. The maximum Gasteiger partial charge on any atom is 0.254 e. The number of nitrogens with zero attached hydrogens (tertiary/aromatic N) is 3. The molecule has 0 radical (unpaired) electrons. The Labute approximate surface area is 124 Å². The van der Waals surface area contributed by atoms with Gasteiger partial charge in [-0.1, -0.05) is 0 Å². The van der Waals surface area contributed by atoms with E-state index in [1.165, 1.54) is 0 Å². The molecule has 0 aromatic carbocycles. The van der Waals surface area contributed by atoms with Crippen molar-refractivity contribution in [2.75, 3.05) is 45.3 Å². The van der Waals surface area contributed by atoms with Crippen LogP contribution in [0.25, 0.3) is 0 Å². The predicted molar refractivity (Wildman–Crippen MR) is 78.3 cm³/mol. The van der Waals surface area contributed by atoms with Crippen LogP contribution in [-0.4, -0.2) is 62.0 Å². The summed E-state index contributed by atoms with van der Waals surface area (Å²) in [6, 6.07) is 3.72. The highest BCUT2D eigenvalue weighted by atomic mass is 16.7. The van der Waals surface area contributed by atoms with Gasteiger partial charge >= 0.3 is 0 Å². The van der Waals surface area contributed by atoms with E-state index >= 15 is 0 Å². The molecule has 0 atom stereocenters. The summed E-state index contributed by atoms with van der Waals surface area (Å²) < 4.78 is 11.5. The summed E-state index contributed by atoms with van der Waals surface area (Å²) in [6.45, 7) is 2.96. The lowest BCUT2D eigenvalue weighted by Crippen LogP contribution is -2.49. The molecule has 6 heteroatoms. The van der Waals surface area contributed by atoms with Crippen molar-refractivity contribution >= 4 is 11.7 Å². The SMILES string of the molecule is CN(C)C(=O)c1ccc(N2CCCC3(C2)OCCO3)nc1. The zero-order chi connectivity index (χ0) is 14.9. The first-order valence-electron chi connectivity index (χ1n) is 7.30. The van der Waals surface area contributed by atoms with E-state index in [-0.39, 0.29) is 5.91 Å². The Balaban J connectivity index is 1.73. The summed E-state index contributed by atoms with van der Waals surface area (Å²) in [7, 11) is 3.47. The van der Waals surface area contributed by atoms with E-state index in [4.69, 9.17) is 9.47 Å².